The SMILES string of the molecule is CCc1ccccc1NC(=O)CN1CCN(C(=O)CN(Cc2ccco2)CC2CCCO2)CC1. The monoisotopic (exact) mass is 468 g/mol. The summed E-state index contributed by atoms with van der Waals surface area (Å²) in [5.74, 6) is 0.957. The highest BCUT2D eigenvalue weighted by atomic mass is 16.5. The lowest BCUT2D eigenvalue weighted by Crippen LogP contribution is -2.52. The molecule has 2 saturated heterocycles. The van der Waals surface area contributed by atoms with E-state index in [2.05, 4.69) is 22.0 Å². The fourth-order valence-corrected chi connectivity index (χ4v) is 4.67. The van der Waals surface area contributed by atoms with Gasteiger partial charge >= 0.3 is 0 Å². The van der Waals surface area contributed by atoms with Crippen molar-refractivity contribution < 1.29 is 18.7 Å². The summed E-state index contributed by atoms with van der Waals surface area (Å²) < 4.78 is 11.3. The normalized spacial score (nSPS) is 19.0. The smallest absolute Gasteiger partial charge is 0.238 e. The predicted octanol–water partition coefficient (Wildman–Crippen LogP) is 2.61. The van der Waals surface area contributed by atoms with E-state index in [1.54, 1.807) is 6.26 Å². The molecule has 3 heterocycles. The van der Waals surface area contributed by atoms with Crippen LogP contribution in [-0.4, -0.2) is 85.0 Å². The van der Waals surface area contributed by atoms with Gasteiger partial charge < -0.3 is 19.4 Å². The van der Waals surface area contributed by atoms with Gasteiger partial charge in [0.2, 0.25) is 11.8 Å². The molecule has 2 amide bonds. The number of carbonyl (C=O) groups is 2. The van der Waals surface area contributed by atoms with Crippen molar-refractivity contribution in [1.82, 2.24) is 14.7 Å². The molecule has 8 heteroatoms. The van der Waals surface area contributed by atoms with Crippen LogP contribution >= 0.6 is 0 Å². The molecule has 2 fully saturated rings. The average molecular weight is 469 g/mol. The number of hydrogen-bond acceptors (Lipinski definition) is 6. The van der Waals surface area contributed by atoms with Crippen LogP contribution in [-0.2, 0) is 27.3 Å². The first-order valence-corrected chi connectivity index (χ1v) is 12.3. The Morgan fingerprint density at radius 2 is 1.94 bits per heavy atom. The zero-order valence-electron chi connectivity index (χ0n) is 20.1. The molecular formula is C26H36N4O4. The second kappa shape index (κ2) is 12.1. The van der Waals surface area contributed by atoms with E-state index in [9.17, 15) is 9.59 Å². The number of ether oxygens (including phenoxy) is 1. The number of furan rings is 1. The number of nitrogens with zero attached hydrogens (tertiary/aromatic N) is 3. The van der Waals surface area contributed by atoms with Crippen LogP contribution < -0.4 is 5.32 Å². The van der Waals surface area contributed by atoms with E-state index in [0.29, 0.717) is 45.8 Å². The van der Waals surface area contributed by atoms with Crippen molar-refractivity contribution in [2.75, 3.05) is 57.7 Å². The summed E-state index contributed by atoms with van der Waals surface area (Å²) in [5.41, 5.74) is 2.01. The number of carbonyl (C=O) groups excluding carboxylic acids is 2. The van der Waals surface area contributed by atoms with E-state index in [4.69, 9.17) is 9.15 Å². The number of hydrogen-bond donors (Lipinski definition) is 1. The minimum atomic E-state index is -0.0122. The van der Waals surface area contributed by atoms with Gasteiger partial charge in [0, 0.05) is 45.0 Å². The Hall–Kier alpha value is -2.68. The third-order valence-electron chi connectivity index (χ3n) is 6.57. The molecule has 1 unspecified atom stereocenters. The number of amides is 2. The maximum atomic E-state index is 13.1. The van der Waals surface area contributed by atoms with Gasteiger partial charge in [-0.3, -0.25) is 19.4 Å². The molecule has 184 valence electrons. The first kappa shape index (κ1) is 24.4. The summed E-state index contributed by atoms with van der Waals surface area (Å²) >= 11 is 0. The zero-order chi connectivity index (χ0) is 23.8. The largest absolute Gasteiger partial charge is 0.468 e. The van der Waals surface area contributed by atoms with Crippen molar-refractivity contribution in [3.8, 4) is 0 Å². The highest BCUT2D eigenvalue weighted by molar-refractivity contribution is 5.93. The van der Waals surface area contributed by atoms with Crippen LogP contribution in [0, 0.1) is 0 Å². The van der Waals surface area contributed by atoms with Crippen LogP contribution in [0.5, 0.6) is 0 Å². The van der Waals surface area contributed by atoms with Gasteiger partial charge in [0.1, 0.15) is 5.76 Å². The second-order valence-electron chi connectivity index (χ2n) is 9.10. The molecule has 0 saturated carbocycles. The van der Waals surface area contributed by atoms with Crippen LogP contribution in [0.15, 0.2) is 47.1 Å². The van der Waals surface area contributed by atoms with Crippen molar-refractivity contribution >= 4 is 17.5 Å². The number of rotatable bonds is 10. The van der Waals surface area contributed by atoms with Crippen molar-refractivity contribution in [1.29, 1.82) is 0 Å². The lowest BCUT2D eigenvalue weighted by Gasteiger charge is -2.35. The highest BCUT2D eigenvalue weighted by Gasteiger charge is 2.26. The van der Waals surface area contributed by atoms with Gasteiger partial charge in [0.15, 0.2) is 0 Å². The van der Waals surface area contributed by atoms with Crippen LogP contribution in [0.1, 0.15) is 31.1 Å². The van der Waals surface area contributed by atoms with E-state index in [1.165, 1.54) is 0 Å². The second-order valence-corrected chi connectivity index (χ2v) is 9.10. The van der Waals surface area contributed by atoms with Crippen molar-refractivity contribution in [2.24, 2.45) is 0 Å². The fourth-order valence-electron chi connectivity index (χ4n) is 4.67. The Morgan fingerprint density at radius 3 is 2.65 bits per heavy atom. The lowest BCUT2D eigenvalue weighted by atomic mass is 10.1. The number of aryl methyl sites for hydroxylation is 1. The maximum absolute atomic E-state index is 13.1. The summed E-state index contributed by atoms with van der Waals surface area (Å²) in [7, 11) is 0. The zero-order valence-corrected chi connectivity index (χ0v) is 20.1. The van der Waals surface area contributed by atoms with E-state index < -0.39 is 0 Å². The molecule has 34 heavy (non-hydrogen) atoms. The van der Waals surface area contributed by atoms with Gasteiger partial charge in [-0.25, -0.2) is 0 Å². The van der Waals surface area contributed by atoms with E-state index in [-0.39, 0.29) is 17.9 Å². The summed E-state index contributed by atoms with van der Waals surface area (Å²) in [6.07, 6.45) is 4.83. The van der Waals surface area contributed by atoms with Crippen molar-refractivity contribution in [2.45, 2.75) is 38.8 Å². The first-order valence-electron chi connectivity index (χ1n) is 12.3. The Kier molecular flexibility index (Phi) is 8.73. The minimum absolute atomic E-state index is 0.0122. The molecule has 1 N–H and O–H groups in total. The molecule has 0 bridgehead atoms. The predicted molar refractivity (Wildman–Crippen MR) is 130 cm³/mol. The molecule has 0 radical (unpaired) electrons. The number of benzene rings is 1. The van der Waals surface area contributed by atoms with Crippen LogP contribution in [0.4, 0.5) is 5.69 Å². The molecule has 0 spiro atoms. The molecule has 0 aliphatic carbocycles. The standard InChI is InChI=1S/C26H36N4O4/c1-2-21-7-3-4-10-24(21)27-25(31)19-28-11-13-30(14-12-28)26(32)20-29(17-22-8-5-15-33-22)18-23-9-6-16-34-23/h3-5,7-8,10,15,23H,2,6,9,11-14,16-20H2,1H3,(H,27,31). The molecule has 2 aliphatic heterocycles. The molecule has 1 atom stereocenters. The Bertz CT molecular complexity index is 919. The molecule has 1 aromatic carbocycles. The van der Waals surface area contributed by atoms with Crippen LogP contribution in [0.25, 0.3) is 0 Å². The van der Waals surface area contributed by atoms with Gasteiger partial charge in [0.05, 0.1) is 32.0 Å². The van der Waals surface area contributed by atoms with Gasteiger partial charge in [-0.2, -0.15) is 0 Å². The Morgan fingerprint density at radius 1 is 1.12 bits per heavy atom. The molecule has 2 aliphatic rings. The minimum Gasteiger partial charge on any atom is -0.468 e. The third kappa shape index (κ3) is 6.91. The van der Waals surface area contributed by atoms with Crippen LogP contribution in [0.3, 0.4) is 0 Å². The number of para-hydroxylation sites is 1. The Balaban J connectivity index is 1.24. The molecule has 1 aromatic heterocycles. The summed E-state index contributed by atoms with van der Waals surface area (Å²) in [5, 5.41) is 3.04. The fraction of sp³-hybridized carbons (Fsp3) is 0.538. The number of piperazine rings is 1. The summed E-state index contributed by atoms with van der Waals surface area (Å²) in [4.78, 5) is 31.8. The Labute approximate surface area is 201 Å². The van der Waals surface area contributed by atoms with Gasteiger partial charge in [-0.1, -0.05) is 25.1 Å². The van der Waals surface area contributed by atoms with E-state index >= 15 is 0 Å². The van der Waals surface area contributed by atoms with Gasteiger partial charge in [-0.05, 0) is 43.0 Å². The molecule has 4 rings (SSSR count). The molecular weight excluding hydrogens is 432 g/mol. The van der Waals surface area contributed by atoms with Gasteiger partial charge in [0.25, 0.3) is 0 Å². The first-order chi connectivity index (χ1) is 16.6. The topological polar surface area (TPSA) is 78.3 Å². The molecule has 8 nitrogen and oxygen atoms in total. The van der Waals surface area contributed by atoms with E-state index in [1.807, 2.05) is 41.3 Å². The van der Waals surface area contributed by atoms with Crippen LogP contribution in [0.2, 0.25) is 0 Å². The summed E-state index contributed by atoms with van der Waals surface area (Å²) in [6, 6.07) is 11.7. The summed E-state index contributed by atoms with van der Waals surface area (Å²) in [6.45, 7) is 7.53. The van der Waals surface area contributed by atoms with Crippen molar-refractivity contribution in [3.05, 3.63) is 54.0 Å². The average Bonchev–Trinajstić information content (AvgIpc) is 3.54. The molecule has 2 aromatic rings. The highest BCUT2D eigenvalue weighted by Crippen LogP contribution is 2.17. The lowest BCUT2D eigenvalue weighted by molar-refractivity contribution is -0.134. The quantitative estimate of drug-likeness (QED) is 0.578. The van der Waals surface area contributed by atoms with E-state index in [0.717, 1.165) is 49.4 Å². The number of anilines is 1. The maximum Gasteiger partial charge on any atom is 0.238 e. The number of nitrogens with one attached hydrogen (secondary N) is 1. The van der Waals surface area contributed by atoms with Gasteiger partial charge in [-0.15, -0.1) is 0 Å². The third-order valence-corrected chi connectivity index (χ3v) is 6.57. The van der Waals surface area contributed by atoms with Crippen molar-refractivity contribution in [3.63, 3.8) is 0 Å².